The topological polar surface area (TPSA) is 121 Å². The Hall–Kier alpha value is -1.74. The largest absolute Gasteiger partial charge is 0.394 e. The third kappa shape index (κ3) is 4.40. The Bertz CT molecular complexity index is 802. The number of unbranched alkanes of at least 4 members (excludes halogenated alkanes) is 5. The Balaban J connectivity index is 1.70. The summed E-state index contributed by atoms with van der Waals surface area (Å²) < 4.78 is 6.61. The SMILES string of the molecule is CCCCCCCCc1cc2cn([C@@H]3O[C@H](CO)[C@@H](O)[C@@H]3O)c(=O)nc2[nH]1. The van der Waals surface area contributed by atoms with Crippen molar-refractivity contribution in [1.29, 1.82) is 0 Å². The van der Waals surface area contributed by atoms with Gasteiger partial charge in [-0.3, -0.25) is 4.57 Å². The van der Waals surface area contributed by atoms with Gasteiger partial charge >= 0.3 is 5.69 Å². The van der Waals surface area contributed by atoms with Crippen LogP contribution in [0.15, 0.2) is 17.1 Å². The number of hydrogen-bond acceptors (Lipinski definition) is 6. The van der Waals surface area contributed by atoms with Crippen LogP contribution in [0.4, 0.5) is 0 Å². The molecule has 1 saturated heterocycles. The van der Waals surface area contributed by atoms with Gasteiger partial charge in [-0.2, -0.15) is 4.98 Å². The molecule has 0 amide bonds. The summed E-state index contributed by atoms with van der Waals surface area (Å²) in [6.07, 6.45) is 5.20. The molecule has 2 aromatic rings. The molecule has 1 aliphatic heterocycles. The van der Waals surface area contributed by atoms with Crippen LogP contribution in [0.25, 0.3) is 11.0 Å². The highest BCUT2D eigenvalue weighted by molar-refractivity contribution is 5.75. The van der Waals surface area contributed by atoms with Gasteiger partial charge in [0, 0.05) is 17.3 Å². The summed E-state index contributed by atoms with van der Waals surface area (Å²) in [5.41, 5.74) is 0.945. The highest BCUT2D eigenvalue weighted by atomic mass is 16.6. The first-order chi connectivity index (χ1) is 13.0. The molecular weight excluding hydrogens is 350 g/mol. The van der Waals surface area contributed by atoms with Crippen molar-refractivity contribution < 1.29 is 20.1 Å². The summed E-state index contributed by atoms with van der Waals surface area (Å²) in [6.45, 7) is 1.76. The van der Waals surface area contributed by atoms with Gasteiger partial charge in [-0.05, 0) is 18.9 Å². The lowest BCUT2D eigenvalue weighted by Gasteiger charge is -2.16. The van der Waals surface area contributed by atoms with Gasteiger partial charge in [0.1, 0.15) is 24.0 Å². The maximum Gasteiger partial charge on any atom is 0.351 e. The van der Waals surface area contributed by atoms with Crippen LogP contribution in [0.1, 0.15) is 57.4 Å². The van der Waals surface area contributed by atoms with Crippen LogP contribution in [0, 0.1) is 0 Å². The van der Waals surface area contributed by atoms with Crippen LogP contribution in [0.3, 0.4) is 0 Å². The van der Waals surface area contributed by atoms with E-state index in [2.05, 4.69) is 16.9 Å². The third-order valence-corrected chi connectivity index (χ3v) is 5.18. The number of hydrogen-bond donors (Lipinski definition) is 4. The van der Waals surface area contributed by atoms with Crippen LogP contribution < -0.4 is 5.69 Å². The van der Waals surface area contributed by atoms with E-state index in [-0.39, 0.29) is 0 Å². The van der Waals surface area contributed by atoms with E-state index in [0.717, 1.165) is 23.9 Å². The fraction of sp³-hybridized carbons (Fsp3) is 0.684. The summed E-state index contributed by atoms with van der Waals surface area (Å²) >= 11 is 0. The van der Waals surface area contributed by atoms with Crippen molar-refractivity contribution in [3.8, 4) is 0 Å². The predicted molar refractivity (Wildman–Crippen MR) is 100 cm³/mol. The van der Waals surface area contributed by atoms with Gasteiger partial charge in [0.2, 0.25) is 0 Å². The zero-order chi connectivity index (χ0) is 19.4. The number of aryl methyl sites for hydroxylation is 1. The molecule has 0 spiro atoms. The molecular formula is C19H29N3O5. The molecule has 3 rings (SSSR count). The predicted octanol–water partition coefficient (Wildman–Crippen LogP) is 1.24. The van der Waals surface area contributed by atoms with Crippen LogP contribution in [0.5, 0.6) is 0 Å². The number of H-pyrrole nitrogens is 1. The van der Waals surface area contributed by atoms with Crippen molar-refractivity contribution in [1.82, 2.24) is 14.5 Å². The Morgan fingerprint density at radius 1 is 1.19 bits per heavy atom. The molecule has 1 fully saturated rings. The maximum atomic E-state index is 12.3. The molecule has 0 aliphatic carbocycles. The molecule has 4 N–H and O–H groups in total. The fourth-order valence-corrected chi connectivity index (χ4v) is 3.59. The van der Waals surface area contributed by atoms with Crippen molar-refractivity contribution in [2.24, 2.45) is 0 Å². The molecule has 8 heteroatoms. The van der Waals surface area contributed by atoms with E-state index in [4.69, 9.17) is 4.74 Å². The normalized spacial score (nSPS) is 25.5. The first-order valence-corrected chi connectivity index (χ1v) is 9.78. The summed E-state index contributed by atoms with van der Waals surface area (Å²) in [5, 5.41) is 30.0. The molecule has 2 aromatic heterocycles. The smallest absolute Gasteiger partial charge is 0.351 e. The first kappa shape index (κ1) is 20.0. The molecule has 4 atom stereocenters. The van der Waals surface area contributed by atoms with E-state index in [1.165, 1.54) is 36.7 Å². The lowest BCUT2D eigenvalue weighted by atomic mass is 10.1. The zero-order valence-electron chi connectivity index (χ0n) is 15.7. The van der Waals surface area contributed by atoms with E-state index < -0.39 is 36.8 Å². The van der Waals surface area contributed by atoms with E-state index in [9.17, 15) is 20.1 Å². The van der Waals surface area contributed by atoms with Gasteiger partial charge in [-0.15, -0.1) is 0 Å². The molecule has 0 saturated carbocycles. The third-order valence-electron chi connectivity index (χ3n) is 5.18. The molecule has 0 aromatic carbocycles. The number of ether oxygens (including phenoxy) is 1. The van der Waals surface area contributed by atoms with E-state index in [1.54, 1.807) is 6.20 Å². The average molecular weight is 379 g/mol. The van der Waals surface area contributed by atoms with Crippen molar-refractivity contribution >= 4 is 11.0 Å². The molecule has 0 bridgehead atoms. The molecule has 3 heterocycles. The Morgan fingerprint density at radius 3 is 2.63 bits per heavy atom. The number of aliphatic hydroxyl groups is 3. The van der Waals surface area contributed by atoms with Crippen molar-refractivity contribution in [2.75, 3.05) is 6.61 Å². The van der Waals surface area contributed by atoms with E-state index in [1.807, 2.05) is 6.07 Å². The van der Waals surface area contributed by atoms with E-state index >= 15 is 0 Å². The Kier molecular flexibility index (Phi) is 6.64. The molecule has 1 aliphatic rings. The number of fused-ring (bicyclic) bond motifs is 1. The van der Waals surface area contributed by atoms with Gasteiger partial charge in [0.25, 0.3) is 0 Å². The number of aliphatic hydroxyl groups excluding tert-OH is 3. The minimum absolute atomic E-state index is 0.439. The van der Waals surface area contributed by atoms with Crippen LogP contribution in [-0.4, -0.2) is 54.8 Å². The number of aromatic amines is 1. The monoisotopic (exact) mass is 379 g/mol. The lowest BCUT2D eigenvalue weighted by molar-refractivity contribution is -0.0547. The Labute approximate surface area is 157 Å². The summed E-state index contributed by atoms with van der Waals surface area (Å²) in [4.78, 5) is 19.5. The Morgan fingerprint density at radius 2 is 1.93 bits per heavy atom. The van der Waals surface area contributed by atoms with Crippen molar-refractivity contribution in [3.63, 3.8) is 0 Å². The van der Waals surface area contributed by atoms with Crippen LogP contribution in [0.2, 0.25) is 0 Å². The van der Waals surface area contributed by atoms with Gasteiger partial charge in [0.05, 0.1) is 6.61 Å². The maximum absolute atomic E-state index is 12.3. The van der Waals surface area contributed by atoms with Crippen molar-refractivity contribution in [3.05, 3.63) is 28.4 Å². The zero-order valence-corrected chi connectivity index (χ0v) is 15.7. The molecule has 0 unspecified atom stereocenters. The summed E-state index contributed by atoms with van der Waals surface area (Å²) in [7, 11) is 0. The summed E-state index contributed by atoms with van der Waals surface area (Å²) in [6, 6.07) is 1.95. The minimum atomic E-state index is -1.30. The lowest BCUT2D eigenvalue weighted by Crippen LogP contribution is -2.35. The standard InChI is InChI=1S/C19H29N3O5/c1-2-3-4-5-6-7-8-13-9-12-10-22(19(26)21-17(12)20-13)18-16(25)15(24)14(11-23)27-18/h9-10,14-16,18,23-25H,2-8,11H2,1H3,(H,20,21,26)/t14-,15-,16+,18-/m1/s1. The number of nitrogens with one attached hydrogen (secondary N) is 1. The molecule has 150 valence electrons. The van der Waals surface area contributed by atoms with Crippen molar-refractivity contribution in [2.45, 2.75) is 76.4 Å². The number of aromatic nitrogens is 3. The van der Waals surface area contributed by atoms with Gasteiger partial charge in [-0.25, -0.2) is 4.79 Å². The highest BCUT2D eigenvalue weighted by Crippen LogP contribution is 2.28. The van der Waals surface area contributed by atoms with Gasteiger partial charge in [0.15, 0.2) is 6.23 Å². The molecule has 27 heavy (non-hydrogen) atoms. The first-order valence-electron chi connectivity index (χ1n) is 9.78. The molecule has 0 radical (unpaired) electrons. The average Bonchev–Trinajstić information content (AvgIpc) is 3.18. The minimum Gasteiger partial charge on any atom is -0.394 e. The highest BCUT2D eigenvalue weighted by Gasteiger charge is 2.43. The second-order valence-corrected chi connectivity index (χ2v) is 7.28. The second kappa shape index (κ2) is 8.97. The van der Waals surface area contributed by atoms with Gasteiger partial charge in [-0.1, -0.05) is 39.0 Å². The van der Waals surface area contributed by atoms with Crippen LogP contribution in [-0.2, 0) is 11.2 Å². The fourth-order valence-electron chi connectivity index (χ4n) is 3.59. The second-order valence-electron chi connectivity index (χ2n) is 7.28. The quantitative estimate of drug-likeness (QED) is 0.487. The van der Waals surface area contributed by atoms with Gasteiger partial charge < -0.3 is 25.0 Å². The molecule has 8 nitrogen and oxygen atoms in total. The van der Waals surface area contributed by atoms with Crippen LogP contribution >= 0.6 is 0 Å². The number of nitrogens with zero attached hydrogens (tertiary/aromatic N) is 2. The van der Waals surface area contributed by atoms with E-state index in [0.29, 0.717) is 5.65 Å². The number of rotatable bonds is 9. The summed E-state index contributed by atoms with van der Waals surface area (Å²) in [5.74, 6) is 0.